The molecule has 0 radical (unpaired) electrons. The molecule has 0 aliphatic carbocycles. The number of pyridine rings is 1. The number of anilines is 2. The van der Waals surface area contributed by atoms with Gasteiger partial charge in [0.15, 0.2) is 6.61 Å². The molecule has 3 rings (SSSR count). The number of halogens is 1. The van der Waals surface area contributed by atoms with Crippen molar-refractivity contribution < 1.29 is 9.53 Å². The van der Waals surface area contributed by atoms with Gasteiger partial charge in [-0.25, -0.2) is 4.98 Å². The van der Waals surface area contributed by atoms with Crippen molar-refractivity contribution in [2.24, 2.45) is 0 Å². The van der Waals surface area contributed by atoms with Crippen LogP contribution in [0, 0.1) is 0 Å². The van der Waals surface area contributed by atoms with Gasteiger partial charge >= 0.3 is 0 Å². The third-order valence-corrected chi connectivity index (χ3v) is 3.64. The summed E-state index contributed by atoms with van der Waals surface area (Å²) in [6.45, 7) is 0.341. The molecule has 1 N–H and O–H groups in total. The molecule has 0 fully saturated rings. The lowest BCUT2D eigenvalue weighted by Crippen LogP contribution is -2.38. The Morgan fingerprint density at radius 3 is 2.95 bits per heavy atom. The highest BCUT2D eigenvalue weighted by molar-refractivity contribution is 6.31. The van der Waals surface area contributed by atoms with Crippen LogP contribution in [-0.4, -0.2) is 24.5 Å². The van der Waals surface area contributed by atoms with Crippen LogP contribution in [0.5, 0.6) is 5.75 Å². The smallest absolute Gasteiger partial charge is 0.265 e. The molecule has 5 nitrogen and oxygen atoms in total. The molecule has 6 heteroatoms. The molecule has 1 aliphatic rings. The Balaban J connectivity index is 1.96. The van der Waals surface area contributed by atoms with Crippen molar-refractivity contribution in [1.82, 2.24) is 4.98 Å². The zero-order chi connectivity index (χ0) is 14.8. The Labute approximate surface area is 127 Å². The van der Waals surface area contributed by atoms with E-state index in [2.05, 4.69) is 10.3 Å². The summed E-state index contributed by atoms with van der Waals surface area (Å²) in [5.41, 5.74) is 1.38. The van der Waals surface area contributed by atoms with Gasteiger partial charge in [0.1, 0.15) is 11.6 Å². The highest BCUT2D eigenvalue weighted by Gasteiger charge is 2.26. The number of nitrogens with zero attached hydrogens (tertiary/aromatic N) is 2. The van der Waals surface area contributed by atoms with Crippen molar-refractivity contribution >= 4 is 29.0 Å². The monoisotopic (exact) mass is 303 g/mol. The SMILES string of the molecule is CNc1ccc(Cl)c(CN2C(=O)COc3ccccc32)n1. The van der Waals surface area contributed by atoms with Gasteiger partial charge in [0.05, 0.1) is 22.9 Å². The summed E-state index contributed by atoms with van der Waals surface area (Å²) in [7, 11) is 1.79. The standard InChI is InChI=1S/C15H14ClN3O2/c1-17-14-7-6-10(16)11(18-14)8-19-12-4-2-3-5-13(12)21-9-15(19)20/h2-7H,8-9H2,1H3,(H,17,18). The second-order valence-electron chi connectivity index (χ2n) is 4.61. The number of ether oxygens (including phenoxy) is 1. The fourth-order valence-corrected chi connectivity index (χ4v) is 2.38. The number of aromatic nitrogens is 1. The number of para-hydroxylation sites is 2. The number of hydrogen-bond acceptors (Lipinski definition) is 4. The zero-order valence-corrected chi connectivity index (χ0v) is 12.2. The minimum atomic E-state index is -0.110. The number of fused-ring (bicyclic) bond motifs is 1. The molecule has 0 saturated carbocycles. The Morgan fingerprint density at radius 2 is 2.14 bits per heavy atom. The minimum absolute atomic E-state index is 0.0281. The van der Waals surface area contributed by atoms with E-state index >= 15 is 0 Å². The highest BCUT2D eigenvalue weighted by Crippen LogP contribution is 2.33. The van der Waals surface area contributed by atoms with Crippen LogP contribution >= 0.6 is 11.6 Å². The van der Waals surface area contributed by atoms with E-state index in [-0.39, 0.29) is 12.5 Å². The topological polar surface area (TPSA) is 54.5 Å². The molecule has 1 aromatic heterocycles. The number of carbonyl (C=O) groups is 1. The molecule has 0 atom stereocenters. The summed E-state index contributed by atoms with van der Waals surface area (Å²) >= 11 is 6.19. The van der Waals surface area contributed by atoms with Crippen molar-refractivity contribution in [2.45, 2.75) is 6.54 Å². The molecule has 2 aromatic rings. The van der Waals surface area contributed by atoms with Gasteiger partial charge in [0.2, 0.25) is 0 Å². The molecule has 0 saturated heterocycles. The molecular weight excluding hydrogens is 290 g/mol. The van der Waals surface area contributed by atoms with E-state index in [4.69, 9.17) is 16.3 Å². The predicted molar refractivity (Wildman–Crippen MR) is 81.9 cm³/mol. The third-order valence-electron chi connectivity index (χ3n) is 3.29. The van der Waals surface area contributed by atoms with Gasteiger partial charge in [-0.2, -0.15) is 0 Å². The van der Waals surface area contributed by atoms with E-state index in [9.17, 15) is 4.79 Å². The summed E-state index contributed by atoms with van der Waals surface area (Å²) in [4.78, 5) is 18.2. The molecule has 0 spiro atoms. The molecule has 2 heterocycles. The average Bonchev–Trinajstić information content (AvgIpc) is 2.52. The quantitative estimate of drug-likeness (QED) is 0.947. The van der Waals surface area contributed by atoms with Crippen LogP contribution in [-0.2, 0) is 11.3 Å². The Morgan fingerprint density at radius 1 is 1.33 bits per heavy atom. The molecule has 21 heavy (non-hydrogen) atoms. The van der Waals surface area contributed by atoms with E-state index in [1.54, 1.807) is 24.1 Å². The molecule has 0 bridgehead atoms. The number of rotatable bonds is 3. The summed E-state index contributed by atoms with van der Waals surface area (Å²) in [6, 6.07) is 11.0. The van der Waals surface area contributed by atoms with E-state index in [1.165, 1.54) is 0 Å². The number of hydrogen-bond donors (Lipinski definition) is 1. The lowest BCUT2D eigenvalue weighted by atomic mass is 10.2. The first kappa shape index (κ1) is 13.7. The molecule has 108 valence electrons. The van der Waals surface area contributed by atoms with Crippen LogP contribution in [0.3, 0.4) is 0 Å². The number of amides is 1. The van der Waals surface area contributed by atoms with Crippen LogP contribution in [0.2, 0.25) is 5.02 Å². The van der Waals surface area contributed by atoms with Gasteiger partial charge in [-0.05, 0) is 24.3 Å². The summed E-state index contributed by atoms with van der Waals surface area (Å²) < 4.78 is 5.42. The molecular formula is C15H14ClN3O2. The van der Waals surface area contributed by atoms with Crippen molar-refractivity contribution in [3.8, 4) is 5.75 Å². The lowest BCUT2D eigenvalue weighted by Gasteiger charge is -2.29. The Hall–Kier alpha value is -2.27. The Kier molecular flexibility index (Phi) is 3.66. The first-order valence-corrected chi connectivity index (χ1v) is 6.92. The second kappa shape index (κ2) is 5.61. The molecule has 1 aromatic carbocycles. The van der Waals surface area contributed by atoms with Crippen LogP contribution in [0.4, 0.5) is 11.5 Å². The van der Waals surface area contributed by atoms with E-state index in [1.807, 2.05) is 24.3 Å². The summed E-state index contributed by atoms with van der Waals surface area (Å²) in [6.07, 6.45) is 0. The molecule has 0 unspecified atom stereocenters. The van der Waals surface area contributed by atoms with Gasteiger partial charge in [-0.3, -0.25) is 9.69 Å². The number of nitrogens with one attached hydrogen (secondary N) is 1. The second-order valence-corrected chi connectivity index (χ2v) is 5.02. The maximum Gasteiger partial charge on any atom is 0.265 e. The first-order chi connectivity index (χ1) is 10.2. The van der Waals surface area contributed by atoms with Crippen LogP contribution in [0.1, 0.15) is 5.69 Å². The lowest BCUT2D eigenvalue weighted by molar-refractivity contribution is -0.121. The van der Waals surface area contributed by atoms with Crippen molar-refractivity contribution in [1.29, 1.82) is 0 Å². The van der Waals surface area contributed by atoms with E-state index in [0.29, 0.717) is 28.8 Å². The van der Waals surface area contributed by atoms with Gasteiger partial charge in [0.25, 0.3) is 5.91 Å². The summed E-state index contributed by atoms with van der Waals surface area (Å²) in [5, 5.41) is 3.50. The fraction of sp³-hybridized carbons (Fsp3) is 0.200. The molecule has 1 amide bonds. The average molecular weight is 304 g/mol. The largest absolute Gasteiger partial charge is 0.482 e. The number of carbonyl (C=O) groups excluding carboxylic acids is 1. The predicted octanol–water partition coefficient (Wildman–Crippen LogP) is 2.70. The van der Waals surface area contributed by atoms with E-state index < -0.39 is 0 Å². The van der Waals surface area contributed by atoms with Crippen LogP contribution in [0.25, 0.3) is 0 Å². The maximum atomic E-state index is 12.1. The molecule has 1 aliphatic heterocycles. The van der Waals surface area contributed by atoms with Gasteiger partial charge in [-0.1, -0.05) is 23.7 Å². The van der Waals surface area contributed by atoms with E-state index in [0.717, 1.165) is 5.69 Å². The van der Waals surface area contributed by atoms with Crippen LogP contribution in [0.15, 0.2) is 36.4 Å². The fourth-order valence-electron chi connectivity index (χ4n) is 2.21. The van der Waals surface area contributed by atoms with Crippen LogP contribution < -0.4 is 15.0 Å². The minimum Gasteiger partial charge on any atom is -0.482 e. The van der Waals surface area contributed by atoms with Crippen molar-refractivity contribution in [3.63, 3.8) is 0 Å². The Bertz CT molecular complexity index is 690. The third kappa shape index (κ3) is 2.64. The highest BCUT2D eigenvalue weighted by atomic mass is 35.5. The van der Waals surface area contributed by atoms with Gasteiger partial charge < -0.3 is 10.1 Å². The van der Waals surface area contributed by atoms with Gasteiger partial charge in [-0.15, -0.1) is 0 Å². The van der Waals surface area contributed by atoms with Gasteiger partial charge in [0, 0.05) is 7.05 Å². The normalized spacial score (nSPS) is 13.6. The number of benzene rings is 1. The zero-order valence-electron chi connectivity index (χ0n) is 11.5. The first-order valence-electron chi connectivity index (χ1n) is 6.54. The maximum absolute atomic E-state index is 12.1. The van der Waals surface area contributed by atoms with Crippen molar-refractivity contribution in [3.05, 3.63) is 47.1 Å². The summed E-state index contributed by atoms with van der Waals surface area (Å²) in [5.74, 6) is 1.29. The van der Waals surface area contributed by atoms with Crippen molar-refractivity contribution in [2.75, 3.05) is 23.9 Å².